The monoisotopic (exact) mass is 201 g/mol. The molecule has 0 bridgehead atoms. The van der Waals surface area contributed by atoms with Crippen LogP contribution in [0.3, 0.4) is 0 Å². The normalized spacial score (nSPS) is 15.1. The molecular weight excluding hydrogens is 186 g/mol. The van der Waals surface area contributed by atoms with Crippen molar-refractivity contribution in [2.45, 2.75) is 6.42 Å². The molecule has 0 saturated heterocycles. The first kappa shape index (κ1) is 10.8. The van der Waals surface area contributed by atoms with Gasteiger partial charge in [-0.15, -0.1) is 0 Å². The molecule has 0 spiro atoms. The third-order valence-corrected chi connectivity index (χ3v) is 1.68. The van der Waals surface area contributed by atoms with Crippen LogP contribution in [0.4, 0.5) is 0 Å². The Hall–Kier alpha value is -1.23. The molecule has 0 unspecified atom stereocenters. The molecule has 5 nitrogen and oxygen atoms in total. The second kappa shape index (κ2) is 6.26. The van der Waals surface area contributed by atoms with Gasteiger partial charge in [0.05, 0.1) is 0 Å². The summed E-state index contributed by atoms with van der Waals surface area (Å²) in [5.74, 6) is 0.00877. The third kappa shape index (κ3) is 3.66. The predicted molar refractivity (Wildman–Crippen MR) is 49.5 cm³/mol. The zero-order chi connectivity index (χ0) is 10.2. The van der Waals surface area contributed by atoms with Gasteiger partial charge in [0.25, 0.3) is 5.91 Å². The molecule has 0 fully saturated rings. The number of hydrogen-bond acceptors (Lipinski definition) is 4. The van der Waals surface area contributed by atoms with E-state index in [2.05, 4.69) is 5.32 Å². The van der Waals surface area contributed by atoms with Gasteiger partial charge in [-0.1, -0.05) is 0 Å². The number of hydrogen-bond donors (Lipinski definition) is 1. The Morgan fingerprint density at radius 1 is 1.64 bits per heavy atom. The maximum Gasteiger partial charge on any atom is 0.289 e. The van der Waals surface area contributed by atoms with Crippen LogP contribution in [0, 0.1) is 0 Å². The molecule has 1 N–H and O–H groups in total. The largest absolute Gasteiger partial charge is 0.494 e. The van der Waals surface area contributed by atoms with Crippen molar-refractivity contribution in [3.8, 4) is 0 Å². The third-order valence-electron chi connectivity index (χ3n) is 1.68. The topological polar surface area (TPSA) is 56.8 Å². The van der Waals surface area contributed by atoms with E-state index in [4.69, 9.17) is 14.2 Å². The first-order valence-electron chi connectivity index (χ1n) is 4.56. The zero-order valence-corrected chi connectivity index (χ0v) is 8.25. The van der Waals surface area contributed by atoms with Gasteiger partial charge in [0.15, 0.2) is 0 Å². The summed E-state index contributed by atoms with van der Waals surface area (Å²) >= 11 is 0. The summed E-state index contributed by atoms with van der Waals surface area (Å²) in [5, 5.41) is 2.69. The lowest BCUT2D eigenvalue weighted by Crippen LogP contribution is -2.29. The summed E-state index contributed by atoms with van der Waals surface area (Å²) in [6.07, 6.45) is 2.13. The Labute approximate surface area is 83.0 Å². The lowest BCUT2D eigenvalue weighted by Gasteiger charge is -2.14. The van der Waals surface area contributed by atoms with Gasteiger partial charge in [-0.2, -0.15) is 0 Å². The number of methoxy groups -OCH3 is 1. The van der Waals surface area contributed by atoms with Crippen molar-refractivity contribution in [1.29, 1.82) is 0 Å². The summed E-state index contributed by atoms with van der Waals surface area (Å²) in [6, 6.07) is 0. The van der Waals surface area contributed by atoms with Crippen LogP contribution in [-0.4, -0.2) is 39.4 Å². The van der Waals surface area contributed by atoms with E-state index in [9.17, 15) is 4.79 Å². The van der Waals surface area contributed by atoms with Crippen molar-refractivity contribution in [2.24, 2.45) is 0 Å². The van der Waals surface area contributed by atoms with Gasteiger partial charge in [-0.25, -0.2) is 0 Å². The Kier molecular flexibility index (Phi) is 4.85. The highest BCUT2D eigenvalue weighted by Gasteiger charge is 2.13. The van der Waals surface area contributed by atoms with Crippen LogP contribution in [0.5, 0.6) is 0 Å². The van der Waals surface area contributed by atoms with E-state index >= 15 is 0 Å². The van der Waals surface area contributed by atoms with Crippen LogP contribution in [0.1, 0.15) is 6.42 Å². The first-order valence-corrected chi connectivity index (χ1v) is 4.56. The maximum atomic E-state index is 11.3. The Morgan fingerprint density at radius 3 is 3.14 bits per heavy atom. The van der Waals surface area contributed by atoms with Crippen molar-refractivity contribution in [2.75, 3.05) is 33.5 Å². The molecule has 1 rings (SSSR count). The fraction of sp³-hybridized carbons (Fsp3) is 0.667. The number of rotatable bonds is 5. The van der Waals surface area contributed by atoms with Gasteiger partial charge in [-0.05, 0) is 6.42 Å². The molecule has 0 radical (unpaired) electrons. The van der Waals surface area contributed by atoms with E-state index in [1.165, 1.54) is 6.26 Å². The highest BCUT2D eigenvalue weighted by Crippen LogP contribution is 2.03. The van der Waals surface area contributed by atoms with E-state index in [0.717, 1.165) is 6.42 Å². The average molecular weight is 201 g/mol. The van der Waals surface area contributed by atoms with Crippen LogP contribution in [-0.2, 0) is 19.0 Å². The number of carbonyl (C=O) groups is 1. The van der Waals surface area contributed by atoms with E-state index in [1.807, 2.05) is 0 Å². The number of ether oxygens (including phenoxy) is 3. The summed E-state index contributed by atoms with van der Waals surface area (Å²) in [5.41, 5.74) is 0. The Morgan fingerprint density at radius 2 is 2.50 bits per heavy atom. The molecule has 80 valence electrons. The molecule has 1 aliphatic heterocycles. The van der Waals surface area contributed by atoms with Crippen molar-refractivity contribution in [3.05, 3.63) is 12.0 Å². The second-order valence-corrected chi connectivity index (χ2v) is 2.80. The highest BCUT2D eigenvalue weighted by atomic mass is 16.6. The fourth-order valence-electron chi connectivity index (χ4n) is 0.993. The number of amides is 1. The van der Waals surface area contributed by atoms with Gasteiger partial charge in [-0.3, -0.25) is 4.79 Å². The molecule has 1 heterocycles. The first-order chi connectivity index (χ1) is 6.84. The van der Waals surface area contributed by atoms with E-state index in [-0.39, 0.29) is 11.7 Å². The van der Waals surface area contributed by atoms with Gasteiger partial charge >= 0.3 is 0 Å². The summed E-state index contributed by atoms with van der Waals surface area (Å²) in [4.78, 5) is 11.3. The minimum atomic E-state index is -0.235. The standard InChI is InChI=1S/C9H15NO4/c1-12-4-2-3-10-9(11)8-7-13-5-6-14-8/h7H,2-6H2,1H3,(H,10,11). The maximum absolute atomic E-state index is 11.3. The molecule has 14 heavy (non-hydrogen) atoms. The molecule has 0 atom stereocenters. The predicted octanol–water partition coefficient (Wildman–Crippen LogP) is 0.0273. The SMILES string of the molecule is COCCCNC(=O)C1=COCCO1. The quantitative estimate of drug-likeness (QED) is 0.637. The van der Waals surface area contributed by atoms with Crippen molar-refractivity contribution >= 4 is 5.91 Å². The van der Waals surface area contributed by atoms with Crippen LogP contribution < -0.4 is 5.32 Å². The smallest absolute Gasteiger partial charge is 0.289 e. The van der Waals surface area contributed by atoms with Crippen molar-refractivity contribution < 1.29 is 19.0 Å². The van der Waals surface area contributed by atoms with E-state index in [0.29, 0.717) is 26.4 Å². The minimum absolute atomic E-state index is 0.235. The fourth-order valence-corrected chi connectivity index (χ4v) is 0.993. The van der Waals surface area contributed by atoms with Crippen LogP contribution in [0.15, 0.2) is 12.0 Å². The molecule has 0 saturated carbocycles. The van der Waals surface area contributed by atoms with Crippen molar-refractivity contribution in [3.63, 3.8) is 0 Å². The lowest BCUT2D eigenvalue weighted by atomic mass is 10.4. The zero-order valence-electron chi connectivity index (χ0n) is 8.25. The summed E-state index contributed by atoms with van der Waals surface area (Å²) < 4.78 is 14.9. The Bertz CT molecular complexity index is 215. The number of carbonyl (C=O) groups excluding carboxylic acids is 1. The molecule has 5 heteroatoms. The van der Waals surface area contributed by atoms with Crippen LogP contribution >= 0.6 is 0 Å². The van der Waals surface area contributed by atoms with Gasteiger partial charge in [0.2, 0.25) is 5.76 Å². The van der Waals surface area contributed by atoms with E-state index < -0.39 is 0 Å². The molecule has 0 aliphatic carbocycles. The second-order valence-electron chi connectivity index (χ2n) is 2.80. The van der Waals surface area contributed by atoms with Crippen LogP contribution in [0.25, 0.3) is 0 Å². The van der Waals surface area contributed by atoms with Gasteiger partial charge in [0.1, 0.15) is 19.5 Å². The average Bonchev–Trinajstić information content (AvgIpc) is 2.25. The Balaban J connectivity index is 2.17. The molecule has 1 amide bonds. The van der Waals surface area contributed by atoms with Crippen LogP contribution in [0.2, 0.25) is 0 Å². The summed E-state index contributed by atoms with van der Waals surface area (Å²) in [6.45, 7) is 2.14. The molecular formula is C9H15NO4. The molecule has 0 aromatic rings. The summed E-state index contributed by atoms with van der Waals surface area (Å²) in [7, 11) is 1.63. The van der Waals surface area contributed by atoms with Crippen molar-refractivity contribution in [1.82, 2.24) is 5.32 Å². The number of nitrogens with one attached hydrogen (secondary N) is 1. The highest BCUT2D eigenvalue weighted by molar-refractivity contribution is 5.91. The minimum Gasteiger partial charge on any atom is -0.494 e. The molecule has 1 aliphatic rings. The van der Waals surface area contributed by atoms with Gasteiger partial charge < -0.3 is 19.5 Å². The molecule has 0 aromatic carbocycles. The lowest BCUT2D eigenvalue weighted by molar-refractivity contribution is -0.122. The van der Waals surface area contributed by atoms with E-state index in [1.54, 1.807) is 7.11 Å². The molecule has 0 aromatic heterocycles. The van der Waals surface area contributed by atoms with Gasteiger partial charge in [0, 0.05) is 20.3 Å².